The second-order valence-electron chi connectivity index (χ2n) is 3.60. The van der Waals surface area contributed by atoms with E-state index < -0.39 is 12.2 Å². The highest BCUT2D eigenvalue weighted by atomic mass is 16.3. The van der Waals surface area contributed by atoms with Crippen molar-refractivity contribution in [2.75, 3.05) is 7.05 Å². The Kier molecular flexibility index (Phi) is 4.93. The number of hydrogen-bond acceptors (Lipinski definition) is 4. The first-order valence-corrected chi connectivity index (χ1v) is 5.16. The number of nitriles is 1. The molecule has 16 heavy (non-hydrogen) atoms. The Labute approximate surface area is 95.2 Å². The summed E-state index contributed by atoms with van der Waals surface area (Å²) in [5, 5.41) is 30.9. The summed E-state index contributed by atoms with van der Waals surface area (Å²) in [5.74, 6) is 0. The summed E-state index contributed by atoms with van der Waals surface area (Å²) in [6.45, 7) is 0.618. The van der Waals surface area contributed by atoms with Crippen molar-refractivity contribution < 1.29 is 10.2 Å². The van der Waals surface area contributed by atoms with Crippen LogP contribution in [0.3, 0.4) is 0 Å². The summed E-state index contributed by atoms with van der Waals surface area (Å²) in [7, 11) is 1.81. The van der Waals surface area contributed by atoms with Crippen molar-refractivity contribution in [3.8, 4) is 6.07 Å². The van der Waals surface area contributed by atoms with Crippen LogP contribution in [-0.2, 0) is 6.54 Å². The standard InChI is InChI=1S/C12H16N2O2/c1-14-8-9-4-2-3-5-10(9)12(16)11(15)6-7-13/h2-5,11-12,14-16H,6,8H2,1H3. The molecule has 0 aromatic heterocycles. The molecule has 0 aliphatic carbocycles. The van der Waals surface area contributed by atoms with Gasteiger partial charge in [-0.15, -0.1) is 0 Å². The lowest BCUT2D eigenvalue weighted by Gasteiger charge is -2.18. The van der Waals surface area contributed by atoms with Crippen LogP contribution in [0.5, 0.6) is 0 Å². The van der Waals surface area contributed by atoms with Gasteiger partial charge in [0, 0.05) is 6.54 Å². The number of aliphatic hydroxyl groups excluding tert-OH is 2. The zero-order valence-electron chi connectivity index (χ0n) is 9.22. The van der Waals surface area contributed by atoms with Gasteiger partial charge in [-0.1, -0.05) is 24.3 Å². The van der Waals surface area contributed by atoms with Crippen molar-refractivity contribution in [2.24, 2.45) is 0 Å². The first-order valence-electron chi connectivity index (χ1n) is 5.16. The predicted octanol–water partition coefficient (Wildman–Crippen LogP) is 0.714. The van der Waals surface area contributed by atoms with Gasteiger partial charge < -0.3 is 15.5 Å². The lowest BCUT2D eigenvalue weighted by atomic mass is 9.97. The second kappa shape index (κ2) is 6.23. The third-order valence-corrected chi connectivity index (χ3v) is 2.41. The van der Waals surface area contributed by atoms with E-state index in [1.54, 1.807) is 12.1 Å². The van der Waals surface area contributed by atoms with Crippen LogP contribution in [0.2, 0.25) is 0 Å². The first kappa shape index (κ1) is 12.7. The molecule has 0 bridgehead atoms. The van der Waals surface area contributed by atoms with Gasteiger partial charge in [0.2, 0.25) is 0 Å². The molecule has 0 amide bonds. The molecular formula is C12H16N2O2. The fourth-order valence-electron chi connectivity index (χ4n) is 1.59. The molecule has 0 saturated heterocycles. The predicted molar refractivity (Wildman–Crippen MR) is 60.4 cm³/mol. The van der Waals surface area contributed by atoms with Gasteiger partial charge in [0.05, 0.1) is 18.6 Å². The van der Waals surface area contributed by atoms with Crippen molar-refractivity contribution >= 4 is 0 Å². The number of nitrogens with one attached hydrogen (secondary N) is 1. The molecule has 0 fully saturated rings. The smallest absolute Gasteiger partial charge is 0.106 e. The maximum atomic E-state index is 9.90. The minimum atomic E-state index is -1.04. The normalized spacial score (nSPS) is 14.1. The summed E-state index contributed by atoms with van der Waals surface area (Å²) in [5.41, 5.74) is 1.59. The molecule has 4 heteroatoms. The van der Waals surface area contributed by atoms with Crippen molar-refractivity contribution in [3.63, 3.8) is 0 Å². The Hall–Kier alpha value is -1.41. The molecule has 0 heterocycles. The van der Waals surface area contributed by atoms with Crippen LogP contribution in [0.4, 0.5) is 0 Å². The van der Waals surface area contributed by atoms with Gasteiger partial charge in [0.15, 0.2) is 0 Å². The molecule has 0 aliphatic rings. The summed E-state index contributed by atoms with van der Waals surface area (Å²) in [4.78, 5) is 0. The molecule has 0 spiro atoms. The van der Waals surface area contributed by atoms with Crippen LogP contribution in [0, 0.1) is 11.3 Å². The molecule has 0 saturated carbocycles. The first-order chi connectivity index (χ1) is 7.70. The van der Waals surface area contributed by atoms with Crippen molar-refractivity contribution in [1.29, 1.82) is 5.26 Å². The van der Waals surface area contributed by atoms with Crippen LogP contribution in [-0.4, -0.2) is 23.4 Å². The van der Waals surface area contributed by atoms with Gasteiger partial charge in [-0.05, 0) is 18.2 Å². The number of nitrogens with zero attached hydrogens (tertiary/aromatic N) is 1. The van der Waals surface area contributed by atoms with E-state index in [0.29, 0.717) is 12.1 Å². The van der Waals surface area contributed by atoms with E-state index in [2.05, 4.69) is 5.32 Å². The summed E-state index contributed by atoms with van der Waals surface area (Å²) < 4.78 is 0. The third kappa shape index (κ3) is 3.04. The molecule has 4 nitrogen and oxygen atoms in total. The second-order valence-corrected chi connectivity index (χ2v) is 3.60. The van der Waals surface area contributed by atoms with Crippen LogP contribution in [0.15, 0.2) is 24.3 Å². The number of hydrogen-bond donors (Lipinski definition) is 3. The Balaban J connectivity index is 2.89. The largest absolute Gasteiger partial charge is 0.389 e. The molecule has 86 valence electrons. The highest BCUT2D eigenvalue weighted by Gasteiger charge is 2.20. The Morgan fingerprint density at radius 2 is 2.06 bits per heavy atom. The van der Waals surface area contributed by atoms with Crippen LogP contribution >= 0.6 is 0 Å². The van der Waals surface area contributed by atoms with Gasteiger partial charge >= 0.3 is 0 Å². The van der Waals surface area contributed by atoms with Gasteiger partial charge in [-0.2, -0.15) is 5.26 Å². The number of benzene rings is 1. The maximum absolute atomic E-state index is 9.90. The third-order valence-electron chi connectivity index (χ3n) is 2.41. The average Bonchev–Trinajstić information content (AvgIpc) is 2.29. The molecule has 3 N–H and O–H groups in total. The lowest BCUT2D eigenvalue weighted by molar-refractivity contribution is 0.0210. The molecule has 1 rings (SSSR count). The van der Waals surface area contributed by atoms with E-state index >= 15 is 0 Å². The van der Waals surface area contributed by atoms with Gasteiger partial charge in [0.25, 0.3) is 0 Å². The van der Waals surface area contributed by atoms with Gasteiger partial charge in [0.1, 0.15) is 6.10 Å². The minimum Gasteiger partial charge on any atom is -0.389 e. The molecular weight excluding hydrogens is 204 g/mol. The Morgan fingerprint density at radius 3 is 2.69 bits per heavy atom. The van der Waals surface area contributed by atoms with Crippen LogP contribution in [0.25, 0.3) is 0 Å². The highest BCUT2D eigenvalue weighted by Crippen LogP contribution is 2.22. The van der Waals surface area contributed by atoms with E-state index in [-0.39, 0.29) is 6.42 Å². The highest BCUT2D eigenvalue weighted by molar-refractivity contribution is 5.29. The van der Waals surface area contributed by atoms with E-state index in [0.717, 1.165) is 5.56 Å². The zero-order chi connectivity index (χ0) is 12.0. The topological polar surface area (TPSA) is 76.3 Å². The maximum Gasteiger partial charge on any atom is 0.106 e. The molecule has 0 radical (unpaired) electrons. The van der Waals surface area contributed by atoms with Gasteiger partial charge in [-0.3, -0.25) is 0 Å². The fourth-order valence-corrected chi connectivity index (χ4v) is 1.59. The molecule has 2 unspecified atom stereocenters. The van der Waals surface area contributed by atoms with Gasteiger partial charge in [-0.25, -0.2) is 0 Å². The number of rotatable bonds is 5. The van der Waals surface area contributed by atoms with Crippen molar-refractivity contribution in [3.05, 3.63) is 35.4 Å². The number of aliphatic hydroxyl groups is 2. The van der Waals surface area contributed by atoms with Crippen LogP contribution < -0.4 is 5.32 Å². The fraction of sp³-hybridized carbons (Fsp3) is 0.417. The van der Waals surface area contributed by atoms with E-state index in [1.807, 2.05) is 25.2 Å². The minimum absolute atomic E-state index is 0.0744. The van der Waals surface area contributed by atoms with E-state index in [1.165, 1.54) is 0 Å². The Bertz CT molecular complexity index is 374. The molecule has 1 aromatic carbocycles. The summed E-state index contributed by atoms with van der Waals surface area (Å²) >= 11 is 0. The molecule has 0 aliphatic heterocycles. The van der Waals surface area contributed by atoms with Crippen molar-refractivity contribution in [2.45, 2.75) is 25.2 Å². The zero-order valence-corrected chi connectivity index (χ0v) is 9.22. The van der Waals surface area contributed by atoms with Crippen LogP contribution in [0.1, 0.15) is 23.7 Å². The molecule has 2 atom stereocenters. The Morgan fingerprint density at radius 1 is 1.38 bits per heavy atom. The summed E-state index contributed by atoms with van der Waals surface area (Å²) in [6, 6.07) is 9.17. The van der Waals surface area contributed by atoms with E-state index in [4.69, 9.17) is 5.26 Å². The molecule has 1 aromatic rings. The van der Waals surface area contributed by atoms with Crippen molar-refractivity contribution in [1.82, 2.24) is 5.32 Å². The summed E-state index contributed by atoms with van der Waals surface area (Å²) in [6.07, 6.45) is -2.12. The lowest BCUT2D eigenvalue weighted by Crippen LogP contribution is -2.20. The van der Waals surface area contributed by atoms with E-state index in [9.17, 15) is 10.2 Å². The average molecular weight is 220 g/mol. The SMILES string of the molecule is CNCc1ccccc1C(O)C(O)CC#N. The quantitative estimate of drug-likeness (QED) is 0.683. The monoisotopic (exact) mass is 220 g/mol.